The van der Waals surface area contributed by atoms with Gasteiger partial charge in [0.25, 0.3) is 5.91 Å². The van der Waals surface area contributed by atoms with E-state index in [4.69, 9.17) is 18.9 Å². The summed E-state index contributed by atoms with van der Waals surface area (Å²) in [4.78, 5) is 33.6. The van der Waals surface area contributed by atoms with E-state index in [0.29, 0.717) is 49.8 Å². The summed E-state index contributed by atoms with van der Waals surface area (Å²) < 4.78 is 23.2. The van der Waals surface area contributed by atoms with Crippen LogP contribution in [0.5, 0.6) is 11.5 Å². The summed E-state index contributed by atoms with van der Waals surface area (Å²) in [5, 5.41) is 0. The maximum absolute atomic E-state index is 12.8. The smallest absolute Gasteiger partial charge is 0.410 e. The van der Waals surface area contributed by atoms with Crippen LogP contribution in [0.3, 0.4) is 0 Å². The van der Waals surface area contributed by atoms with Crippen molar-refractivity contribution >= 4 is 17.6 Å². The molecule has 204 valence electrons. The molecule has 4 rings (SSSR count). The Hall–Kier alpha value is -3.59. The SMILES string of the molecule is CCN(CC)C(=O)c1ccc(C2=CC3(CCN(C(=O)OC(C)(C)C)C3)Oc3cccc(OCOC)c32)cn1. The number of aromatic nitrogens is 1. The van der Waals surface area contributed by atoms with Crippen molar-refractivity contribution in [2.75, 3.05) is 40.1 Å². The van der Waals surface area contributed by atoms with E-state index >= 15 is 0 Å². The summed E-state index contributed by atoms with van der Waals surface area (Å²) in [5.41, 5.74) is 1.51. The Labute approximate surface area is 224 Å². The molecule has 2 aliphatic heterocycles. The van der Waals surface area contributed by atoms with Crippen LogP contribution >= 0.6 is 0 Å². The highest BCUT2D eigenvalue weighted by atomic mass is 16.7. The zero-order chi connectivity index (χ0) is 27.5. The number of likely N-dealkylation sites (tertiary alicyclic amines) is 1. The van der Waals surface area contributed by atoms with Gasteiger partial charge in [0.05, 0.1) is 12.1 Å². The lowest BCUT2D eigenvalue weighted by Gasteiger charge is -2.35. The second-order valence-corrected chi connectivity index (χ2v) is 10.5. The number of benzene rings is 1. The molecular formula is C29H37N3O6. The van der Waals surface area contributed by atoms with Crippen LogP contribution in [0.2, 0.25) is 0 Å². The van der Waals surface area contributed by atoms with Gasteiger partial charge in [-0.05, 0) is 64.5 Å². The summed E-state index contributed by atoms with van der Waals surface area (Å²) in [6.07, 6.45) is 3.99. The molecule has 2 aromatic rings. The Balaban J connectivity index is 1.72. The lowest BCUT2D eigenvalue weighted by Crippen LogP contribution is -2.42. The molecule has 0 aliphatic carbocycles. The summed E-state index contributed by atoms with van der Waals surface area (Å²) in [6.45, 7) is 11.6. The molecule has 1 spiro atoms. The zero-order valence-corrected chi connectivity index (χ0v) is 23.1. The van der Waals surface area contributed by atoms with Gasteiger partial charge in [-0.15, -0.1) is 0 Å². The molecule has 1 aromatic carbocycles. The molecule has 0 bridgehead atoms. The molecule has 2 aliphatic rings. The summed E-state index contributed by atoms with van der Waals surface area (Å²) in [5.74, 6) is 1.15. The van der Waals surface area contributed by atoms with Gasteiger partial charge in [-0.25, -0.2) is 4.79 Å². The number of carbonyl (C=O) groups is 2. The maximum Gasteiger partial charge on any atom is 0.410 e. The molecule has 1 saturated heterocycles. The first-order chi connectivity index (χ1) is 18.1. The molecule has 9 nitrogen and oxygen atoms in total. The second kappa shape index (κ2) is 11.0. The van der Waals surface area contributed by atoms with Crippen molar-refractivity contribution in [3.8, 4) is 11.5 Å². The molecule has 3 heterocycles. The summed E-state index contributed by atoms with van der Waals surface area (Å²) >= 11 is 0. The second-order valence-electron chi connectivity index (χ2n) is 10.5. The third kappa shape index (κ3) is 5.78. The monoisotopic (exact) mass is 523 g/mol. The third-order valence-corrected chi connectivity index (χ3v) is 6.57. The Morgan fingerprint density at radius 1 is 1.16 bits per heavy atom. The van der Waals surface area contributed by atoms with Crippen molar-refractivity contribution in [1.29, 1.82) is 0 Å². The van der Waals surface area contributed by atoms with Crippen LogP contribution in [0.15, 0.2) is 42.6 Å². The highest BCUT2D eigenvalue weighted by Gasteiger charge is 2.45. The van der Waals surface area contributed by atoms with Crippen LogP contribution in [0.25, 0.3) is 5.57 Å². The normalized spacial score (nSPS) is 18.5. The molecule has 9 heteroatoms. The number of carbonyl (C=O) groups excluding carboxylic acids is 2. The molecule has 1 fully saturated rings. The van der Waals surface area contributed by atoms with Crippen molar-refractivity contribution in [1.82, 2.24) is 14.8 Å². The van der Waals surface area contributed by atoms with Crippen molar-refractivity contribution < 1.29 is 28.5 Å². The van der Waals surface area contributed by atoms with E-state index in [1.54, 1.807) is 29.2 Å². The Kier molecular flexibility index (Phi) is 7.97. The van der Waals surface area contributed by atoms with Crippen LogP contribution in [0.1, 0.15) is 62.7 Å². The summed E-state index contributed by atoms with van der Waals surface area (Å²) in [6, 6.07) is 9.27. The van der Waals surface area contributed by atoms with E-state index in [2.05, 4.69) is 4.98 Å². The highest BCUT2D eigenvalue weighted by Crippen LogP contribution is 2.46. The first-order valence-corrected chi connectivity index (χ1v) is 13.0. The minimum Gasteiger partial charge on any atom is -0.480 e. The number of pyridine rings is 1. The van der Waals surface area contributed by atoms with Gasteiger partial charge in [0.2, 0.25) is 0 Å². The minimum absolute atomic E-state index is 0.0802. The fraction of sp³-hybridized carbons (Fsp3) is 0.483. The van der Waals surface area contributed by atoms with Crippen molar-refractivity contribution in [2.24, 2.45) is 0 Å². The van der Waals surface area contributed by atoms with Gasteiger partial charge in [-0.1, -0.05) is 12.1 Å². The molecule has 0 N–H and O–H groups in total. The molecule has 2 amide bonds. The molecular weight excluding hydrogens is 486 g/mol. The number of rotatable bonds is 7. The predicted octanol–water partition coefficient (Wildman–Crippen LogP) is 4.75. The standard InChI is InChI=1S/C29H37N3O6/c1-7-31(8-2)26(33)22-13-12-20(17-30-22)21-16-29(14-15-32(18-29)27(34)38-28(3,4)5)37-24-11-9-10-23(25(21)24)36-19-35-6/h9-13,16-17H,7-8,14-15,18-19H2,1-6H3. The van der Waals surface area contributed by atoms with Gasteiger partial charge in [0.15, 0.2) is 6.79 Å². The van der Waals surface area contributed by atoms with Crippen LogP contribution < -0.4 is 9.47 Å². The van der Waals surface area contributed by atoms with Crippen molar-refractivity contribution in [2.45, 2.75) is 52.2 Å². The molecule has 38 heavy (non-hydrogen) atoms. The van der Waals surface area contributed by atoms with Crippen molar-refractivity contribution in [3.63, 3.8) is 0 Å². The fourth-order valence-electron chi connectivity index (χ4n) is 4.76. The maximum atomic E-state index is 12.8. The average Bonchev–Trinajstić information content (AvgIpc) is 3.29. The van der Waals surface area contributed by atoms with E-state index in [0.717, 1.165) is 16.7 Å². The molecule has 1 unspecified atom stereocenters. The van der Waals surface area contributed by atoms with Crippen LogP contribution in [0, 0.1) is 0 Å². The Bertz CT molecular complexity index is 1200. The zero-order valence-electron chi connectivity index (χ0n) is 23.1. The van der Waals surface area contributed by atoms with Crippen LogP contribution in [-0.2, 0) is 9.47 Å². The first kappa shape index (κ1) is 27.4. The predicted molar refractivity (Wildman–Crippen MR) is 143 cm³/mol. The highest BCUT2D eigenvalue weighted by molar-refractivity contribution is 5.93. The number of fused-ring (bicyclic) bond motifs is 1. The van der Waals surface area contributed by atoms with Gasteiger partial charge >= 0.3 is 6.09 Å². The molecule has 0 radical (unpaired) electrons. The molecule has 0 saturated carbocycles. The number of ether oxygens (including phenoxy) is 4. The largest absolute Gasteiger partial charge is 0.480 e. The van der Waals surface area contributed by atoms with E-state index in [-0.39, 0.29) is 18.8 Å². The Morgan fingerprint density at radius 3 is 2.55 bits per heavy atom. The van der Waals surface area contributed by atoms with Crippen LogP contribution in [-0.4, -0.2) is 78.1 Å². The van der Waals surface area contributed by atoms with E-state index < -0.39 is 11.2 Å². The van der Waals surface area contributed by atoms with Crippen molar-refractivity contribution in [3.05, 3.63) is 59.4 Å². The quantitative estimate of drug-likeness (QED) is 0.484. The lowest BCUT2D eigenvalue weighted by molar-refractivity contribution is 0.0246. The summed E-state index contributed by atoms with van der Waals surface area (Å²) in [7, 11) is 1.57. The van der Waals surface area contributed by atoms with E-state index in [1.807, 2.05) is 65.0 Å². The van der Waals surface area contributed by atoms with Gasteiger partial charge in [-0.3, -0.25) is 9.78 Å². The number of hydrogen-bond acceptors (Lipinski definition) is 7. The lowest BCUT2D eigenvalue weighted by atomic mass is 9.87. The third-order valence-electron chi connectivity index (χ3n) is 6.57. The van der Waals surface area contributed by atoms with Gasteiger partial charge < -0.3 is 28.7 Å². The van der Waals surface area contributed by atoms with Gasteiger partial charge in [0, 0.05) is 44.9 Å². The number of amides is 2. The van der Waals surface area contributed by atoms with E-state index in [1.165, 1.54) is 0 Å². The molecule has 1 aromatic heterocycles. The first-order valence-electron chi connectivity index (χ1n) is 13.0. The average molecular weight is 524 g/mol. The number of nitrogens with zero attached hydrogens (tertiary/aromatic N) is 3. The van der Waals surface area contributed by atoms with Gasteiger partial charge in [-0.2, -0.15) is 0 Å². The topological polar surface area (TPSA) is 90.4 Å². The van der Waals surface area contributed by atoms with Crippen LogP contribution in [0.4, 0.5) is 4.79 Å². The minimum atomic E-state index is -0.741. The Morgan fingerprint density at radius 2 is 1.92 bits per heavy atom. The number of methoxy groups -OCH3 is 1. The fourth-order valence-corrected chi connectivity index (χ4v) is 4.76. The van der Waals surface area contributed by atoms with E-state index in [9.17, 15) is 9.59 Å². The molecule has 1 atom stereocenters. The number of hydrogen-bond donors (Lipinski definition) is 0. The van der Waals surface area contributed by atoms with Gasteiger partial charge in [0.1, 0.15) is 28.4 Å².